The molecule has 3 aromatic carbocycles. The van der Waals surface area contributed by atoms with Crippen molar-refractivity contribution in [1.82, 2.24) is 15.0 Å². The summed E-state index contributed by atoms with van der Waals surface area (Å²) >= 11 is 12.5. The molecule has 4 rings (SSSR count). The number of nitrogens with one attached hydrogen (secondary N) is 2. The summed E-state index contributed by atoms with van der Waals surface area (Å²) in [6, 6.07) is 18.3. The maximum Gasteiger partial charge on any atom is 0.232 e. The molecule has 0 aliphatic carbocycles. The molecule has 0 unspecified atom stereocenters. The van der Waals surface area contributed by atoms with E-state index in [0.717, 1.165) is 46.4 Å². The first-order chi connectivity index (χ1) is 40.5. The highest BCUT2D eigenvalue weighted by Crippen LogP contribution is 2.45. The Bertz CT molecular complexity index is 1980. The van der Waals surface area contributed by atoms with Crippen LogP contribution >= 0.6 is 70.6 Å². The smallest absolute Gasteiger partial charge is 0.232 e. The molecule has 1 heterocycles. The highest BCUT2D eigenvalue weighted by atomic mass is 32.2. The molecule has 82 heavy (non-hydrogen) atoms. The SMILES string of the molecule is [CH2]Cc1ccc(-c2nc(Nc3cc(SCCCCCCCC)c(SCCCCCCCC)c(SCCCCCCCC)c3)nc(Nc3cc(SCCCCCCCC)c(SCCCCCCCC)c(SCCCCCCCC)c3)n2)cc1. The van der Waals surface area contributed by atoms with Crippen LogP contribution in [0, 0.1) is 6.92 Å². The van der Waals surface area contributed by atoms with Crippen molar-refractivity contribution < 1.29 is 0 Å². The van der Waals surface area contributed by atoms with Gasteiger partial charge >= 0.3 is 0 Å². The van der Waals surface area contributed by atoms with Crippen LogP contribution in [0.2, 0.25) is 0 Å². The maximum absolute atomic E-state index is 5.28. The molecule has 0 aliphatic heterocycles. The molecule has 4 aromatic rings. The molecule has 1 aromatic heterocycles. The number of benzene rings is 3. The number of thioether (sulfide) groups is 6. The largest absolute Gasteiger partial charge is 0.324 e. The van der Waals surface area contributed by atoms with Gasteiger partial charge in [-0.05, 0) is 116 Å². The van der Waals surface area contributed by atoms with Crippen LogP contribution in [-0.2, 0) is 6.42 Å². The molecule has 461 valence electrons. The van der Waals surface area contributed by atoms with E-state index in [1.165, 1.54) is 278 Å². The third-order valence-electron chi connectivity index (χ3n) is 15.2. The molecule has 1 radical (unpaired) electrons. The second-order valence-electron chi connectivity index (χ2n) is 22.8. The van der Waals surface area contributed by atoms with Crippen LogP contribution in [0.4, 0.5) is 23.3 Å². The van der Waals surface area contributed by atoms with E-state index >= 15 is 0 Å². The standard InChI is InChI=1S/C71H116N5S6/c1-8-15-21-27-33-39-49-77-63-55-61(56-64(78-50-40-34-28-22-16-9-2)67(63)81-53-43-37-31-25-19-12-5)72-70-74-69(60-47-45-59(14-7)46-48-60)75-71(76-70)73-62-57-65(79-51-41-35-29-23-17-10-3)68(82-54-44-38-32-26-20-13-6)66(58-62)80-52-42-36-30-24-18-11-4/h45-48,55-58H,7-44,49-54H2,1-6H3,(H2,72,73,74,75,76). The zero-order valence-corrected chi connectivity index (χ0v) is 57.9. The van der Waals surface area contributed by atoms with E-state index in [9.17, 15) is 0 Å². The van der Waals surface area contributed by atoms with Gasteiger partial charge in [-0.15, -0.1) is 70.6 Å². The van der Waals surface area contributed by atoms with Gasteiger partial charge in [0.05, 0.1) is 0 Å². The van der Waals surface area contributed by atoms with Gasteiger partial charge in [0.25, 0.3) is 0 Å². The minimum atomic E-state index is 0.571. The average molecular weight is 1230 g/mol. The van der Waals surface area contributed by atoms with Crippen LogP contribution in [0.15, 0.2) is 77.9 Å². The molecule has 5 nitrogen and oxygen atoms in total. The third kappa shape index (κ3) is 32.4. The van der Waals surface area contributed by atoms with Gasteiger partial charge in [0, 0.05) is 46.3 Å². The Labute approximate surface area is 530 Å². The van der Waals surface area contributed by atoms with Crippen LogP contribution in [-0.4, -0.2) is 49.5 Å². The van der Waals surface area contributed by atoms with Crippen molar-refractivity contribution in [2.24, 2.45) is 0 Å². The molecular formula is C71H116N5S6. The van der Waals surface area contributed by atoms with E-state index in [1.54, 1.807) is 0 Å². The number of unbranched alkanes of at least 4 members (excludes halogenated alkanes) is 30. The minimum Gasteiger partial charge on any atom is -0.324 e. The zero-order valence-electron chi connectivity index (χ0n) is 53.0. The van der Waals surface area contributed by atoms with Crippen molar-refractivity contribution in [3.05, 3.63) is 61.0 Å². The molecule has 0 fully saturated rings. The minimum absolute atomic E-state index is 0.571. The Morgan fingerprint density at radius 2 is 0.573 bits per heavy atom. The Kier molecular flexibility index (Phi) is 43.9. The fourth-order valence-corrected chi connectivity index (χ4v) is 17.6. The van der Waals surface area contributed by atoms with Crippen LogP contribution < -0.4 is 10.6 Å². The number of aromatic nitrogens is 3. The van der Waals surface area contributed by atoms with Crippen molar-refractivity contribution >= 4 is 93.8 Å². The second-order valence-corrected chi connectivity index (χ2v) is 29.6. The first-order valence-electron chi connectivity index (χ1n) is 33.8. The second kappa shape index (κ2) is 49.4. The lowest BCUT2D eigenvalue weighted by Gasteiger charge is -2.19. The first-order valence-corrected chi connectivity index (χ1v) is 39.7. The monoisotopic (exact) mass is 1230 g/mol. The Morgan fingerprint density at radius 1 is 0.317 bits per heavy atom. The van der Waals surface area contributed by atoms with Gasteiger partial charge in [0.1, 0.15) is 0 Å². The van der Waals surface area contributed by atoms with E-state index in [4.69, 9.17) is 15.0 Å². The highest BCUT2D eigenvalue weighted by Gasteiger charge is 2.19. The molecular weight excluding hydrogens is 1120 g/mol. The summed E-state index contributed by atoms with van der Waals surface area (Å²) in [6.45, 7) is 18.1. The molecule has 2 N–H and O–H groups in total. The molecule has 0 amide bonds. The van der Waals surface area contributed by atoms with Crippen LogP contribution in [0.3, 0.4) is 0 Å². The van der Waals surface area contributed by atoms with E-state index < -0.39 is 0 Å². The highest BCUT2D eigenvalue weighted by molar-refractivity contribution is 8.04. The Morgan fingerprint density at radius 3 is 0.841 bits per heavy atom. The molecule has 0 spiro atoms. The van der Waals surface area contributed by atoms with Crippen LogP contribution in [0.25, 0.3) is 11.4 Å². The number of nitrogens with zero attached hydrogens (tertiary/aromatic N) is 3. The molecule has 0 saturated carbocycles. The van der Waals surface area contributed by atoms with E-state index in [2.05, 4.69) is 178 Å². The van der Waals surface area contributed by atoms with Crippen LogP contribution in [0.1, 0.15) is 278 Å². The van der Waals surface area contributed by atoms with E-state index in [1.807, 2.05) is 0 Å². The fraction of sp³-hybridized carbons (Fsp3) is 0.690. The third-order valence-corrected chi connectivity index (χ3v) is 22.7. The lowest BCUT2D eigenvalue weighted by atomic mass is 10.1. The summed E-state index contributed by atoms with van der Waals surface area (Å²) in [6.07, 6.45) is 48.3. The summed E-state index contributed by atoms with van der Waals surface area (Å²) in [5, 5.41) is 7.68. The normalized spacial score (nSPS) is 11.5. The predicted molar refractivity (Wildman–Crippen MR) is 378 cm³/mol. The zero-order chi connectivity index (χ0) is 58.3. The van der Waals surface area contributed by atoms with Crippen LogP contribution in [0.5, 0.6) is 0 Å². The summed E-state index contributed by atoms with van der Waals surface area (Å²) < 4.78 is 0. The van der Waals surface area contributed by atoms with Gasteiger partial charge in [0.2, 0.25) is 11.9 Å². The van der Waals surface area contributed by atoms with Crippen molar-refractivity contribution in [2.75, 3.05) is 45.2 Å². The molecule has 0 saturated heterocycles. The quantitative estimate of drug-likeness (QED) is 0.0328. The van der Waals surface area contributed by atoms with E-state index in [0.29, 0.717) is 17.7 Å². The Hall–Kier alpha value is -1.63. The lowest BCUT2D eigenvalue weighted by Crippen LogP contribution is -2.06. The van der Waals surface area contributed by atoms with Gasteiger partial charge in [-0.1, -0.05) is 258 Å². The molecule has 0 aliphatic rings. The number of rotatable bonds is 54. The summed E-state index contributed by atoms with van der Waals surface area (Å²) in [7, 11) is 0. The fourth-order valence-electron chi connectivity index (χ4n) is 10.1. The van der Waals surface area contributed by atoms with E-state index in [-0.39, 0.29) is 0 Å². The maximum atomic E-state index is 5.28. The molecule has 11 heteroatoms. The number of hydrogen-bond acceptors (Lipinski definition) is 11. The number of anilines is 4. The first kappa shape index (κ1) is 72.8. The lowest BCUT2D eigenvalue weighted by molar-refractivity contribution is 0.626. The Balaban J connectivity index is 1.78. The summed E-state index contributed by atoms with van der Waals surface area (Å²) in [5.41, 5.74) is 4.30. The van der Waals surface area contributed by atoms with Gasteiger partial charge in [-0.2, -0.15) is 15.0 Å². The van der Waals surface area contributed by atoms with Gasteiger partial charge in [-0.3, -0.25) is 0 Å². The van der Waals surface area contributed by atoms with Crippen molar-refractivity contribution in [2.45, 2.75) is 308 Å². The summed E-state index contributed by atoms with van der Waals surface area (Å²) in [5.74, 6) is 8.72. The number of hydrogen-bond donors (Lipinski definition) is 2. The topological polar surface area (TPSA) is 62.7 Å². The molecule has 0 bridgehead atoms. The molecule has 0 atom stereocenters. The summed E-state index contributed by atoms with van der Waals surface area (Å²) in [4.78, 5) is 24.4. The van der Waals surface area contributed by atoms with Gasteiger partial charge in [-0.25, -0.2) is 0 Å². The van der Waals surface area contributed by atoms with Gasteiger partial charge < -0.3 is 10.6 Å². The van der Waals surface area contributed by atoms with Crippen molar-refractivity contribution in [3.63, 3.8) is 0 Å². The predicted octanol–water partition coefficient (Wildman–Crippen LogP) is 26.1. The van der Waals surface area contributed by atoms with Crippen molar-refractivity contribution in [1.29, 1.82) is 0 Å². The average Bonchev–Trinajstić information content (AvgIpc) is 3.58. The van der Waals surface area contributed by atoms with Gasteiger partial charge in [0.15, 0.2) is 5.82 Å². The van der Waals surface area contributed by atoms with Crippen molar-refractivity contribution in [3.8, 4) is 11.4 Å².